The number of nitrogens with zero attached hydrogens (tertiary/aromatic N) is 1. The number of methoxy groups -OCH3 is 1. The lowest BCUT2D eigenvalue weighted by Crippen LogP contribution is -2.04. The van der Waals surface area contributed by atoms with Crippen LogP contribution in [0.3, 0.4) is 0 Å². The Hall–Kier alpha value is -0.530. The van der Waals surface area contributed by atoms with E-state index in [1.165, 1.54) is 0 Å². The summed E-state index contributed by atoms with van der Waals surface area (Å²) < 4.78 is 11.3. The number of aromatic amines is 1. The molecule has 0 saturated carbocycles. The summed E-state index contributed by atoms with van der Waals surface area (Å²) >= 11 is 8.25. The maximum atomic E-state index is 6.10. The van der Waals surface area contributed by atoms with Crippen LogP contribution in [-0.4, -0.2) is 30.5 Å². The predicted molar refractivity (Wildman–Crippen MR) is 71.2 cm³/mol. The van der Waals surface area contributed by atoms with Gasteiger partial charge in [0.05, 0.1) is 17.1 Å². The maximum absolute atomic E-state index is 6.10. The fourth-order valence-corrected chi connectivity index (χ4v) is 2.12. The molecule has 0 aliphatic rings. The topological polar surface area (TPSA) is 47.1 Å². The van der Waals surface area contributed by atoms with Gasteiger partial charge in [0.25, 0.3) is 0 Å². The summed E-state index contributed by atoms with van der Waals surface area (Å²) in [5, 5.41) is 8.61. The molecule has 2 rings (SSSR count). The molecule has 0 bridgehead atoms. The van der Waals surface area contributed by atoms with Crippen molar-refractivity contribution in [1.29, 1.82) is 0 Å². The Morgan fingerprint density at radius 3 is 3.00 bits per heavy atom. The molecule has 0 atom stereocenters. The molecule has 0 aliphatic heterocycles. The van der Waals surface area contributed by atoms with Crippen LogP contribution in [0.1, 0.15) is 0 Å². The van der Waals surface area contributed by atoms with Crippen LogP contribution < -0.4 is 4.74 Å². The van der Waals surface area contributed by atoms with E-state index in [2.05, 4.69) is 32.8 Å². The fraction of sp³-hybridized carbons (Fsp3) is 0.300. The summed E-state index contributed by atoms with van der Waals surface area (Å²) in [6, 6.07) is 3.70. The number of halogens is 2. The molecule has 0 unspecified atom stereocenters. The molecule has 0 fully saturated rings. The van der Waals surface area contributed by atoms with Crippen molar-refractivity contribution < 1.29 is 9.47 Å². The largest absolute Gasteiger partial charge is 0.490 e. The standard InChI is InChI=1S/C10H10ClIN2O2/c1-15-2-3-16-9-5-8-6(4-7(9)11)10(12)14-13-8/h4-5H,2-3H2,1H3,(H,13,14). The molecule has 86 valence electrons. The van der Waals surface area contributed by atoms with Crippen LogP contribution in [0.5, 0.6) is 5.75 Å². The molecule has 0 spiro atoms. The Kier molecular flexibility index (Phi) is 3.88. The van der Waals surface area contributed by atoms with E-state index < -0.39 is 0 Å². The zero-order valence-electron chi connectivity index (χ0n) is 8.59. The number of H-pyrrole nitrogens is 1. The molecular formula is C10H10ClIN2O2. The van der Waals surface area contributed by atoms with E-state index in [1.54, 1.807) is 7.11 Å². The highest BCUT2D eigenvalue weighted by molar-refractivity contribution is 14.1. The molecule has 0 amide bonds. The minimum Gasteiger partial charge on any atom is -0.490 e. The van der Waals surface area contributed by atoms with Crippen LogP contribution in [0.4, 0.5) is 0 Å². The molecule has 1 aromatic carbocycles. The van der Waals surface area contributed by atoms with Gasteiger partial charge in [-0.05, 0) is 28.7 Å². The predicted octanol–water partition coefficient (Wildman–Crippen LogP) is 2.85. The van der Waals surface area contributed by atoms with Gasteiger partial charge in [0.15, 0.2) is 0 Å². The van der Waals surface area contributed by atoms with Gasteiger partial charge in [0.2, 0.25) is 0 Å². The van der Waals surface area contributed by atoms with Gasteiger partial charge >= 0.3 is 0 Å². The minimum atomic E-state index is 0.479. The van der Waals surface area contributed by atoms with E-state index in [9.17, 15) is 0 Å². The molecule has 0 saturated heterocycles. The van der Waals surface area contributed by atoms with Crippen LogP contribution in [0.25, 0.3) is 10.9 Å². The zero-order chi connectivity index (χ0) is 11.5. The lowest BCUT2D eigenvalue weighted by Gasteiger charge is -2.07. The molecule has 16 heavy (non-hydrogen) atoms. The van der Waals surface area contributed by atoms with Gasteiger partial charge in [-0.2, -0.15) is 5.10 Å². The molecule has 4 nitrogen and oxygen atoms in total. The average Bonchev–Trinajstić information content (AvgIpc) is 2.61. The van der Waals surface area contributed by atoms with E-state index in [0.29, 0.717) is 24.0 Å². The highest BCUT2D eigenvalue weighted by atomic mass is 127. The first-order valence-electron chi connectivity index (χ1n) is 4.67. The zero-order valence-corrected chi connectivity index (χ0v) is 11.5. The molecule has 1 heterocycles. The van der Waals surface area contributed by atoms with Crippen molar-refractivity contribution in [2.75, 3.05) is 20.3 Å². The van der Waals surface area contributed by atoms with Crippen molar-refractivity contribution in [3.8, 4) is 5.75 Å². The van der Waals surface area contributed by atoms with Crippen molar-refractivity contribution >= 4 is 45.1 Å². The number of hydrogen-bond acceptors (Lipinski definition) is 3. The highest BCUT2D eigenvalue weighted by Gasteiger charge is 2.08. The number of hydrogen-bond donors (Lipinski definition) is 1. The first-order valence-corrected chi connectivity index (χ1v) is 6.13. The number of nitrogens with one attached hydrogen (secondary N) is 1. The highest BCUT2D eigenvalue weighted by Crippen LogP contribution is 2.30. The summed E-state index contributed by atoms with van der Waals surface area (Å²) in [7, 11) is 1.63. The summed E-state index contributed by atoms with van der Waals surface area (Å²) in [5.41, 5.74) is 0.918. The van der Waals surface area contributed by atoms with Crippen LogP contribution >= 0.6 is 34.2 Å². The van der Waals surface area contributed by atoms with Crippen molar-refractivity contribution in [1.82, 2.24) is 10.2 Å². The smallest absolute Gasteiger partial charge is 0.140 e. The van der Waals surface area contributed by atoms with E-state index in [-0.39, 0.29) is 0 Å². The van der Waals surface area contributed by atoms with E-state index in [0.717, 1.165) is 14.6 Å². The van der Waals surface area contributed by atoms with Crippen molar-refractivity contribution in [3.63, 3.8) is 0 Å². The Balaban J connectivity index is 2.28. The molecule has 2 aromatic rings. The van der Waals surface area contributed by atoms with Crippen molar-refractivity contribution in [2.24, 2.45) is 0 Å². The third kappa shape index (κ3) is 2.41. The third-order valence-electron chi connectivity index (χ3n) is 2.11. The monoisotopic (exact) mass is 352 g/mol. The Morgan fingerprint density at radius 2 is 2.25 bits per heavy atom. The van der Waals surface area contributed by atoms with Gasteiger partial charge in [-0.3, -0.25) is 5.10 Å². The second-order valence-electron chi connectivity index (χ2n) is 3.18. The number of fused-ring (bicyclic) bond motifs is 1. The quantitative estimate of drug-likeness (QED) is 0.680. The van der Waals surface area contributed by atoms with E-state index in [4.69, 9.17) is 21.1 Å². The first kappa shape index (κ1) is 11.9. The number of benzene rings is 1. The van der Waals surface area contributed by atoms with Crippen molar-refractivity contribution in [3.05, 3.63) is 20.9 Å². The summed E-state index contributed by atoms with van der Waals surface area (Å²) in [4.78, 5) is 0. The van der Waals surface area contributed by atoms with Crippen LogP contribution in [0, 0.1) is 3.70 Å². The number of aromatic nitrogens is 2. The molecule has 0 radical (unpaired) electrons. The molecule has 6 heteroatoms. The maximum Gasteiger partial charge on any atom is 0.140 e. The summed E-state index contributed by atoms with van der Waals surface area (Å²) in [6.45, 7) is 1.02. The Morgan fingerprint density at radius 1 is 1.44 bits per heavy atom. The Labute approximate surface area is 111 Å². The first-order chi connectivity index (χ1) is 7.72. The summed E-state index contributed by atoms with van der Waals surface area (Å²) in [5.74, 6) is 0.645. The third-order valence-corrected chi connectivity index (χ3v) is 3.23. The average molecular weight is 353 g/mol. The normalized spacial score (nSPS) is 10.9. The second kappa shape index (κ2) is 5.20. The van der Waals surface area contributed by atoms with Gasteiger partial charge in [0, 0.05) is 18.6 Å². The van der Waals surface area contributed by atoms with Crippen molar-refractivity contribution in [2.45, 2.75) is 0 Å². The van der Waals surface area contributed by atoms with E-state index >= 15 is 0 Å². The van der Waals surface area contributed by atoms with E-state index in [1.807, 2.05) is 12.1 Å². The molecule has 1 N–H and O–H groups in total. The lowest BCUT2D eigenvalue weighted by molar-refractivity contribution is 0.146. The van der Waals surface area contributed by atoms with Gasteiger partial charge in [0.1, 0.15) is 16.1 Å². The Bertz CT molecular complexity index is 501. The summed E-state index contributed by atoms with van der Waals surface area (Å²) in [6.07, 6.45) is 0. The number of rotatable bonds is 4. The second-order valence-corrected chi connectivity index (χ2v) is 4.61. The molecular weight excluding hydrogens is 342 g/mol. The number of ether oxygens (including phenoxy) is 2. The van der Waals surface area contributed by atoms with Crippen LogP contribution in [0.15, 0.2) is 12.1 Å². The minimum absolute atomic E-state index is 0.479. The SMILES string of the molecule is COCCOc1cc2[nH]nc(I)c2cc1Cl. The van der Waals surface area contributed by atoms with Crippen LogP contribution in [0.2, 0.25) is 5.02 Å². The lowest BCUT2D eigenvalue weighted by atomic mass is 10.2. The van der Waals surface area contributed by atoms with Gasteiger partial charge in [-0.15, -0.1) is 0 Å². The molecule has 0 aliphatic carbocycles. The molecule has 1 aromatic heterocycles. The van der Waals surface area contributed by atoms with Gasteiger partial charge in [-0.25, -0.2) is 0 Å². The van der Waals surface area contributed by atoms with Gasteiger partial charge < -0.3 is 9.47 Å². The van der Waals surface area contributed by atoms with Gasteiger partial charge in [-0.1, -0.05) is 11.6 Å². The fourth-order valence-electron chi connectivity index (χ4n) is 1.33. The van der Waals surface area contributed by atoms with Crippen LogP contribution in [-0.2, 0) is 4.74 Å².